The minimum Gasteiger partial charge on any atom is -0.445 e. The molecule has 4 heteroatoms. The zero-order valence-corrected chi connectivity index (χ0v) is 10.1. The number of benzene rings is 1. The van der Waals surface area contributed by atoms with Gasteiger partial charge >= 0.3 is 6.09 Å². The summed E-state index contributed by atoms with van der Waals surface area (Å²) in [7, 11) is 1.64. The van der Waals surface area contributed by atoms with E-state index >= 15 is 0 Å². The number of nitrogens with zero attached hydrogens (tertiary/aromatic N) is 1. The Morgan fingerprint density at radius 2 is 2.31 bits per heavy atom. The summed E-state index contributed by atoms with van der Waals surface area (Å²) in [5.41, 5.74) is 0.706. The quantitative estimate of drug-likeness (QED) is 0.756. The van der Waals surface area contributed by atoms with Crippen LogP contribution in [0.15, 0.2) is 36.4 Å². The zero-order valence-electron chi connectivity index (χ0n) is 9.31. The topological polar surface area (TPSA) is 29.5 Å². The number of carbonyl (C=O) groups is 1. The van der Waals surface area contributed by atoms with E-state index in [1.807, 2.05) is 13.0 Å². The predicted molar refractivity (Wildman–Crippen MR) is 66.0 cm³/mol. The van der Waals surface area contributed by atoms with Crippen LogP contribution in [0.1, 0.15) is 6.92 Å². The molecule has 0 aliphatic carbocycles. The Morgan fingerprint density at radius 1 is 1.56 bits per heavy atom. The molecule has 0 fully saturated rings. The Bertz CT molecular complexity index is 390. The Kier molecular flexibility index (Phi) is 4.86. The molecule has 1 rings (SSSR count). The van der Waals surface area contributed by atoms with E-state index in [1.165, 1.54) is 4.90 Å². The van der Waals surface area contributed by atoms with Gasteiger partial charge in [0.1, 0.15) is 6.61 Å². The molecule has 3 nitrogen and oxygen atoms in total. The molecular formula is C12H14ClNO2. The van der Waals surface area contributed by atoms with Gasteiger partial charge in [-0.3, -0.25) is 4.90 Å². The average Bonchev–Trinajstić information content (AvgIpc) is 2.28. The van der Waals surface area contributed by atoms with E-state index in [-0.39, 0.29) is 6.61 Å². The molecule has 0 saturated carbocycles. The molecule has 0 aliphatic heterocycles. The third-order valence-electron chi connectivity index (χ3n) is 2.01. The summed E-state index contributed by atoms with van der Waals surface area (Å²) in [6, 6.07) is 7.04. The number of anilines is 1. The van der Waals surface area contributed by atoms with Gasteiger partial charge < -0.3 is 4.74 Å². The van der Waals surface area contributed by atoms with Gasteiger partial charge in [-0.2, -0.15) is 0 Å². The molecule has 0 heterocycles. The van der Waals surface area contributed by atoms with Crippen LogP contribution in [0, 0.1) is 0 Å². The van der Waals surface area contributed by atoms with E-state index < -0.39 is 6.09 Å². The van der Waals surface area contributed by atoms with Crippen LogP contribution in [0.25, 0.3) is 0 Å². The maximum absolute atomic E-state index is 11.6. The first-order chi connectivity index (χ1) is 7.65. The van der Waals surface area contributed by atoms with Gasteiger partial charge in [0.05, 0.1) is 0 Å². The minimum absolute atomic E-state index is 0.278. The van der Waals surface area contributed by atoms with Crippen molar-refractivity contribution in [1.29, 1.82) is 0 Å². The Balaban J connectivity index is 2.63. The fraction of sp³-hybridized carbons (Fsp3) is 0.250. The van der Waals surface area contributed by atoms with Crippen LogP contribution < -0.4 is 4.90 Å². The minimum atomic E-state index is -0.402. The van der Waals surface area contributed by atoms with E-state index in [0.29, 0.717) is 10.7 Å². The van der Waals surface area contributed by atoms with Crippen molar-refractivity contribution in [2.75, 3.05) is 18.6 Å². The van der Waals surface area contributed by atoms with Gasteiger partial charge in [0.2, 0.25) is 0 Å². The summed E-state index contributed by atoms with van der Waals surface area (Å²) >= 11 is 5.83. The highest BCUT2D eigenvalue weighted by molar-refractivity contribution is 6.30. The molecule has 0 aromatic heterocycles. The Labute approximate surface area is 100 Å². The molecule has 1 aromatic carbocycles. The molecule has 1 aromatic rings. The Hall–Kier alpha value is -1.48. The largest absolute Gasteiger partial charge is 0.445 e. The van der Waals surface area contributed by atoms with Crippen LogP contribution in [0.4, 0.5) is 10.5 Å². The van der Waals surface area contributed by atoms with E-state index in [4.69, 9.17) is 16.3 Å². The van der Waals surface area contributed by atoms with Gasteiger partial charge in [0, 0.05) is 17.8 Å². The van der Waals surface area contributed by atoms with Crippen molar-refractivity contribution in [2.45, 2.75) is 6.92 Å². The lowest BCUT2D eigenvalue weighted by molar-refractivity contribution is 0.167. The number of hydrogen-bond acceptors (Lipinski definition) is 2. The van der Waals surface area contributed by atoms with Crippen molar-refractivity contribution in [1.82, 2.24) is 0 Å². The highest BCUT2D eigenvalue weighted by Gasteiger charge is 2.11. The van der Waals surface area contributed by atoms with Crippen LogP contribution in [-0.4, -0.2) is 19.7 Å². The van der Waals surface area contributed by atoms with Gasteiger partial charge in [-0.25, -0.2) is 4.79 Å². The molecule has 0 saturated heterocycles. The van der Waals surface area contributed by atoms with Gasteiger partial charge in [-0.1, -0.05) is 29.8 Å². The van der Waals surface area contributed by atoms with E-state index in [9.17, 15) is 4.79 Å². The van der Waals surface area contributed by atoms with Crippen LogP contribution in [0.3, 0.4) is 0 Å². The monoisotopic (exact) mass is 239 g/mol. The van der Waals surface area contributed by atoms with Gasteiger partial charge in [-0.15, -0.1) is 0 Å². The third kappa shape index (κ3) is 3.59. The van der Waals surface area contributed by atoms with Crippen molar-refractivity contribution in [3.05, 3.63) is 41.4 Å². The van der Waals surface area contributed by atoms with E-state index in [1.54, 1.807) is 37.4 Å². The van der Waals surface area contributed by atoms with Crippen molar-refractivity contribution in [3.8, 4) is 0 Å². The summed E-state index contributed by atoms with van der Waals surface area (Å²) in [5.74, 6) is 0. The third-order valence-corrected chi connectivity index (χ3v) is 2.24. The van der Waals surface area contributed by atoms with Crippen molar-refractivity contribution >= 4 is 23.4 Å². The van der Waals surface area contributed by atoms with E-state index in [0.717, 1.165) is 0 Å². The first-order valence-electron chi connectivity index (χ1n) is 4.92. The number of halogens is 1. The van der Waals surface area contributed by atoms with Crippen molar-refractivity contribution in [3.63, 3.8) is 0 Å². The number of allylic oxidation sites excluding steroid dienone is 1. The summed E-state index contributed by atoms with van der Waals surface area (Å²) in [5, 5.41) is 0.589. The maximum atomic E-state index is 11.6. The predicted octanol–water partition coefficient (Wildman–Crippen LogP) is 3.49. The molecule has 86 valence electrons. The van der Waals surface area contributed by atoms with Crippen LogP contribution in [0.5, 0.6) is 0 Å². The number of ether oxygens (including phenoxy) is 1. The van der Waals surface area contributed by atoms with E-state index in [2.05, 4.69) is 0 Å². The molecule has 0 bridgehead atoms. The zero-order chi connectivity index (χ0) is 12.0. The molecule has 0 N–H and O–H groups in total. The van der Waals surface area contributed by atoms with Crippen LogP contribution >= 0.6 is 11.6 Å². The summed E-state index contributed by atoms with van der Waals surface area (Å²) in [6.07, 6.45) is 3.19. The average molecular weight is 240 g/mol. The molecule has 0 radical (unpaired) electrons. The standard InChI is InChI=1S/C12H14ClNO2/c1-3-4-8-16-12(15)14(2)11-7-5-6-10(13)9-11/h3-7,9H,8H2,1-2H3. The molecular weight excluding hydrogens is 226 g/mol. The number of rotatable bonds is 3. The van der Waals surface area contributed by atoms with Crippen molar-refractivity contribution in [2.24, 2.45) is 0 Å². The van der Waals surface area contributed by atoms with Crippen molar-refractivity contribution < 1.29 is 9.53 Å². The fourth-order valence-corrected chi connectivity index (χ4v) is 1.29. The SMILES string of the molecule is CC=CCOC(=O)N(C)c1cccc(Cl)c1. The highest BCUT2D eigenvalue weighted by Crippen LogP contribution is 2.18. The number of amides is 1. The molecule has 1 amide bonds. The molecule has 0 unspecified atom stereocenters. The lowest BCUT2D eigenvalue weighted by atomic mass is 10.3. The molecule has 0 atom stereocenters. The molecule has 0 spiro atoms. The maximum Gasteiger partial charge on any atom is 0.414 e. The van der Waals surface area contributed by atoms with Gasteiger partial charge in [0.25, 0.3) is 0 Å². The van der Waals surface area contributed by atoms with Gasteiger partial charge in [0.15, 0.2) is 0 Å². The number of carbonyl (C=O) groups excluding carboxylic acids is 1. The second kappa shape index (κ2) is 6.18. The fourth-order valence-electron chi connectivity index (χ4n) is 1.10. The first kappa shape index (κ1) is 12.6. The lowest BCUT2D eigenvalue weighted by Crippen LogP contribution is -2.27. The van der Waals surface area contributed by atoms with Crippen LogP contribution in [-0.2, 0) is 4.74 Å². The number of hydrogen-bond donors (Lipinski definition) is 0. The summed E-state index contributed by atoms with van der Waals surface area (Å²) in [6.45, 7) is 2.15. The second-order valence-corrected chi connectivity index (χ2v) is 3.62. The van der Waals surface area contributed by atoms with Gasteiger partial charge in [-0.05, 0) is 25.1 Å². The lowest BCUT2D eigenvalue weighted by Gasteiger charge is -2.16. The van der Waals surface area contributed by atoms with Crippen LogP contribution in [0.2, 0.25) is 5.02 Å². The molecule has 0 aliphatic rings. The second-order valence-electron chi connectivity index (χ2n) is 3.18. The highest BCUT2D eigenvalue weighted by atomic mass is 35.5. The summed E-state index contributed by atoms with van der Waals surface area (Å²) < 4.78 is 5.00. The summed E-state index contributed by atoms with van der Waals surface area (Å²) in [4.78, 5) is 13.0. The molecule has 16 heavy (non-hydrogen) atoms. The smallest absolute Gasteiger partial charge is 0.414 e. The first-order valence-corrected chi connectivity index (χ1v) is 5.30. The normalized spacial score (nSPS) is 10.4. The Morgan fingerprint density at radius 3 is 2.94 bits per heavy atom.